The summed E-state index contributed by atoms with van der Waals surface area (Å²) in [6.45, 7) is 2.15. The third-order valence-corrected chi connectivity index (χ3v) is 2.53. The molecule has 66 valence electrons. The standard InChI is InChI=1S/C7H8ClNO2S/c1-2-11-7(10)5-4-9-6(3-8)12-5/h4H,2-3H2,1H3. The summed E-state index contributed by atoms with van der Waals surface area (Å²) in [5, 5.41) is 0.736. The first-order valence-electron chi connectivity index (χ1n) is 3.45. The molecule has 0 aliphatic heterocycles. The number of halogens is 1. The molecule has 0 aliphatic rings. The van der Waals surface area contributed by atoms with E-state index >= 15 is 0 Å². The van der Waals surface area contributed by atoms with Crippen molar-refractivity contribution in [1.29, 1.82) is 0 Å². The molecule has 0 N–H and O–H groups in total. The fourth-order valence-corrected chi connectivity index (χ4v) is 1.56. The molecular formula is C7H8ClNO2S. The van der Waals surface area contributed by atoms with Crippen molar-refractivity contribution >= 4 is 28.9 Å². The Labute approximate surface area is 79.3 Å². The van der Waals surface area contributed by atoms with E-state index < -0.39 is 0 Å². The smallest absolute Gasteiger partial charge is 0.349 e. The molecule has 5 heteroatoms. The zero-order valence-electron chi connectivity index (χ0n) is 6.54. The van der Waals surface area contributed by atoms with Crippen molar-refractivity contribution < 1.29 is 9.53 Å². The van der Waals surface area contributed by atoms with Gasteiger partial charge in [0.2, 0.25) is 0 Å². The summed E-state index contributed by atoms with van der Waals surface area (Å²) in [7, 11) is 0. The highest BCUT2D eigenvalue weighted by molar-refractivity contribution is 7.13. The number of hydrogen-bond acceptors (Lipinski definition) is 4. The van der Waals surface area contributed by atoms with Crippen molar-refractivity contribution in [3.8, 4) is 0 Å². The number of hydrogen-bond donors (Lipinski definition) is 0. The van der Waals surface area contributed by atoms with Crippen molar-refractivity contribution in [3.05, 3.63) is 16.1 Å². The average Bonchev–Trinajstić information content (AvgIpc) is 2.52. The summed E-state index contributed by atoms with van der Waals surface area (Å²) in [5.74, 6) is 0.00993. The Morgan fingerprint density at radius 2 is 2.58 bits per heavy atom. The van der Waals surface area contributed by atoms with E-state index in [4.69, 9.17) is 16.3 Å². The number of carbonyl (C=O) groups excluding carboxylic acids is 1. The van der Waals surface area contributed by atoms with Crippen LogP contribution in [-0.2, 0) is 10.6 Å². The minimum absolute atomic E-state index is 0.327. The maximum atomic E-state index is 11.1. The van der Waals surface area contributed by atoms with Crippen molar-refractivity contribution in [2.75, 3.05) is 6.61 Å². The summed E-state index contributed by atoms with van der Waals surface area (Å²) < 4.78 is 4.77. The van der Waals surface area contributed by atoms with E-state index in [1.54, 1.807) is 6.92 Å². The molecule has 0 saturated carbocycles. The van der Waals surface area contributed by atoms with Crippen LogP contribution < -0.4 is 0 Å². The maximum absolute atomic E-state index is 11.1. The topological polar surface area (TPSA) is 39.2 Å². The molecule has 1 aromatic rings. The quantitative estimate of drug-likeness (QED) is 0.560. The number of carbonyl (C=O) groups is 1. The van der Waals surface area contributed by atoms with E-state index in [0.717, 1.165) is 5.01 Å². The number of aromatic nitrogens is 1. The van der Waals surface area contributed by atoms with Gasteiger partial charge in [-0.2, -0.15) is 0 Å². The fourth-order valence-electron chi connectivity index (χ4n) is 0.669. The van der Waals surface area contributed by atoms with Gasteiger partial charge in [-0.1, -0.05) is 0 Å². The first-order chi connectivity index (χ1) is 5.77. The van der Waals surface area contributed by atoms with Gasteiger partial charge in [-0.05, 0) is 6.92 Å². The first-order valence-corrected chi connectivity index (χ1v) is 4.80. The lowest BCUT2D eigenvalue weighted by molar-refractivity contribution is 0.0532. The third kappa shape index (κ3) is 2.19. The summed E-state index contributed by atoms with van der Waals surface area (Å²) in [5.41, 5.74) is 0. The normalized spacial score (nSPS) is 9.83. The second kappa shape index (κ2) is 4.42. The Kier molecular flexibility index (Phi) is 3.49. The van der Waals surface area contributed by atoms with Gasteiger partial charge in [0.1, 0.15) is 9.88 Å². The Balaban J connectivity index is 2.68. The number of nitrogens with zero attached hydrogens (tertiary/aromatic N) is 1. The van der Waals surface area contributed by atoms with E-state index in [1.807, 2.05) is 0 Å². The van der Waals surface area contributed by atoms with Gasteiger partial charge in [0.05, 0.1) is 18.7 Å². The van der Waals surface area contributed by atoms with E-state index in [9.17, 15) is 4.79 Å². The molecule has 1 rings (SSSR count). The maximum Gasteiger partial charge on any atom is 0.349 e. The highest BCUT2D eigenvalue weighted by Gasteiger charge is 2.09. The zero-order chi connectivity index (χ0) is 8.97. The monoisotopic (exact) mass is 205 g/mol. The highest BCUT2D eigenvalue weighted by Crippen LogP contribution is 2.15. The van der Waals surface area contributed by atoms with E-state index in [1.165, 1.54) is 17.5 Å². The van der Waals surface area contributed by atoms with Crippen LogP contribution in [0.15, 0.2) is 6.20 Å². The van der Waals surface area contributed by atoms with Gasteiger partial charge < -0.3 is 4.74 Å². The van der Waals surface area contributed by atoms with Crippen LogP contribution in [0.2, 0.25) is 0 Å². The Bertz CT molecular complexity index is 274. The van der Waals surface area contributed by atoms with Gasteiger partial charge in [-0.15, -0.1) is 22.9 Å². The molecule has 0 aromatic carbocycles. The zero-order valence-corrected chi connectivity index (χ0v) is 8.11. The largest absolute Gasteiger partial charge is 0.462 e. The van der Waals surface area contributed by atoms with Crippen LogP contribution in [0.25, 0.3) is 0 Å². The molecule has 12 heavy (non-hydrogen) atoms. The lowest BCUT2D eigenvalue weighted by Gasteiger charge is -1.95. The van der Waals surface area contributed by atoms with Crippen molar-refractivity contribution in [1.82, 2.24) is 4.98 Å². The number of ether oxygens (including phenoxy) is 1. The SMILES string of the molecule is CCOC(=O)c1cnc(CCl)s1. The molecule has 0 radical (unpaired) electrons. The number of thiazole rings is 1. The molecule has 0 aliphatic carbocycles. The van der Waals surface area contributed by atoms with Crippen LogP contribution in [-0.4, -0.2) is 17.6 Å². The molecule has 0 fully saturated rings. The van der Waals surface area contributed by atoms with Gasteiger partial charge in [0.25, 0.3) is 0 Å². The summed E-state index contributed by atoms with van der Waals surface area (Å²) in [6, 6.07) is 0. The average molecular weight is 206 g/mol. The van der Waals surface area contributed by atoms with Gasteiger partial charge in [0, 0.05) is 0 Å². The van der Waals surface area contributed by atoms with Gasteiger partial charge in [0.15, 0.2) is 0 Å². The van der Waals surface area contributed by atoms with Gasteiger partial charge >= 0.3 is 5.97 Å². The summed E-state index contributed by atoms with van der Waals surface area (Å²) >= 11 is 6.78. The molecule has 1 heterocycles. The molecule has 1 aromatic heterocycles. The van der Waals surface area contributed by atoms with Crippen LogP contribution in [0.5, 0.6) is 0 Å². The molecule has 3 nitrogen and oxygen atoms in total. The van der Waals surface area contributed by atoms with E-state index in [-0.39, 0.29) is 5.97 Å². The first kappa shape index (κ1) is 9.48. The second-order valence-corrected chi connectivity index (χ2v) is 3.35. The molecular weight excluding hydrogens is 198 g/mol. The predicted molar refractivity (Wildman–Crippen MR) is 47.6 cm³/mol. The molecule has 0 bridgehead atoms. The molecule has 0 saturated heterocycles. The van der Waals surface area contributed by atoms with Crippen LogP contribution in [0, 0.1) is 0 Å². The minimum atomic E-state index is -0.327. The van der Waals surface area contributed by atoms with Gasteiger partial charge in [-0.25, -0.2) is 9.78 Å². The Hall–Kier alpha value is -0.610. The summed E-state index contributed by atoms with van der Waals surface area (Å²) in [4.78, 5) is 15.5. The van der Waals surface area contributed by atoms with Crippen LogP contribution in [0.1, 0.15) is 21.6 Å². The number of esters is 1. The van der Waals surface area contributed by atoms with Crippen molar-refractivity contribution in [2.24, 2.45) is 0 Å². The van der Waals surface area contributed by atoms with E-state index in [0.29, 0.717) is 17.4 Å². The van der Waals surface area contributed by atoms with E-state index in [2.05, 4.69) is 4.98 Å². The lowest BCUT2D eigenvalue weighted by Crippen LogP contribution is -2.01. The predicted octanol–water partition coefficient (Wildman–Crippen LogP) is 2.06. The lowest BCUT2D eigenvalue weighted by atomic mass is 10.6. The van der Waals surface area contributed by atoms with Crippen LogP contribution >= 0.6 is 22.9 Å². The molecule has 0 spiro atoms. The van der Waals surface area contributed by atoms with Crippen LogP contribution in [0.3, 0.4) is 0 Å². The Morgan fingerprint density at radius 3 is 3.08 bits per heavy atom. The molecule has 0 atom stereocenters. The highest BCUT2D eigenvalue weighted by atomic mass is 35.5. The molecule has 0 amide bonds. The minimum Gasteiger partial charge on any atom is -0.462 e. The molecule has 0 unspecified atom stereocenters. The van der Waals surface area contributed by atoms with Crippen molar-refractivity contribution in [2.45, 2.75) is 12.8 Å². The second-order valence-electron chi connectivity index (χ2n) is 1.97. The van der Waals surface area contributed by atoms with Gasteiger partial charge in [-0.3, -0.25) is 0 Å². The fraction of sp³-hybridized carbons (Fsp3) is 0.429. The third-order valence-electron chi connectivity index (χ3n) is 1.14. The Morgan fingerprint density at radius 1 is 1.83 bits per heavy atom. The summed E-state index contributed by atoms with van der Waals surface area (Å²) in [6.07, 6.45) is 1.49. The van der Waals surface area contributed by atoms with Crippen LogP contribution in [0.4, 0.5) is 0 Å². The number of rotatable bonds is 3. The van der Waals surface area contributed by atoms with Crippen molar-refractivity contribution in [3.63, 3.8) is 0 Å². The number of alkyl halides is 1.